The third-order valence-corrected chi connectivity index (χ3v) is 6.06. The molecule has 0 fully saturated rings. The van der Waals surface area contributed by atoms with Gasteiger partial charge in [0.25, 0.3) is 10.2 Å². The van der Waals surface area contributed by atoms with Gasteiger partial charge in [-0.25, -0.2) is 13.9 Å². The monoisotopic (exact) mass is 473 g/mol. The predicted molar refractivity (Wildman–Crippen MR) is 117 cm³/mol. The first-order valence-corrected chi connectivity index (χ1v) is 11.3. The number of nitrogens with zero attached hydrogens (tertiary/aromatic N) is 3. The standard InChI is InChI=1S/C21H20FN5O5S/c1-13-16-9-8-15(31-19-7-4-10-24-25-19)11-18(16)32-21(28)27(13)12-14-5-3-6-17(20(14)22)26-33(29,30)23-2/h3-11,13,23,26H,12H2,1-2H3/t13-/m0/s1. The summed E-state index contributed by atoms with van der Waals surface area (Å²) in [5.41, 5.74) is 0.598. The Hall–Kier alpha value is -3.77. The summed E-state index contributed by atoms with van der Waals surface area (Å²) in [6.07, 6.45) is 0.846. The molecule has 1 aliphatic rings. The van der Waals surface area contributed by atoms with Gasteiger partial charge in [-0.3, -0.25) is 9.62 Å². The summed E-state index contributed by atoms with van der Waals surface area (Å²) in [6, 6.07) is 12.2. The highest BCUT2D eigenvalue weighted by Gasteiger charge is 2.32. The Balaban J connectivity index is 1.55. The lowest BCUT2D eigenvalue weighted by molar-refractivity contribution is 0.116. The van der Waals surface area contributed by atoms with E-state index in [0.717, 1.165) is 0 Å². The molecule has 1 atom stereocenters. The minimum Gasteiger partial charge on any atom is -0.437 e. The molecule has 2 heterocycles. The average molecular weight is 473 g/mol. The quantitative estimate of drug-likeness (QED) is 0.539. The van der Waals surface area contributed by atoms with Crippen LogP contribution >= 0.6 is 0 Å². The number of carbonyl (C=O) groups is 1. The smallest absolute Gasteiger partial charge is 0.416 e. The first kappa shape index (κ1) is 22.4. The lowest BCUT2D eigenvalue weighted by Crippen LogP contribution is -2.39. The Bertz CT molecular complexity index is 1290. The maximum atomic E-state index is 14.9. The Kier molecular flexibility index (Phi) is 6.11. The van der Waals surface area contributed by atoms with E-state index in [2.05, 4.69) is 19.6 Å². The average Bonchev–Trinajstić information content (AvgIpc) is 2.79. The van der Waals surface area contributed by atoms with Gasteiger partial charge in [0, 0.05) is 36.5 Å². The Morgan fingerprint density at radius 3 is 2.76 bits per heavy atom. The highest BCUT2D eigenvalue weighted by molar-refractivity contribution is 7.90. The van der Waals surface area contributed by atoms with Crippen LogP contribution in [0.25, 0.3) is 0 Å². The van der Waals surface area contributed by atoms with Crippen LogP contribution in [0.5, 0.6) is 17.4 Å². The van der Waals surface area contributed by atoms with Gasteiger partial charge < -0.3 is 9.47 Å². The van der Waals surface area contributed by atoms with Gasteiger partial charge in [0.2, 0.25) is 5.88 Å². The van der Waals surface area contributed by atoms with Crippen LogP contribution in [0.2, 0.25) is 0 Å². The van der Waals surface area contributed by atoms with E-state index in [-0.39, 0.29) is 17.8 Å². The molecule has 0 spiro atoms. The summed E-state index contributed by atoms with van der Waals surface area (Å²) in [5.74, 6) is 0.243. The normalized spacial score (nSPS) is 15.5. The molecule has 1 aromatic heterocycles. The van der Waals surface area contributed by atoms with Gasteiger partial charge in [0.15, 0.2) is 5.82 Å². The van der Waals surface area contributed by atoms with Crippen molar-refractivity contribution in [2.75, 3.05) is 11.8 Å². The molecule has 0 unspecified atom stereocenters. The zero-order valence-corrected chi connectivity index (χ0v) is 18.5. The SMILES string of the molecule is CNS(=O)(=O)Nc1cccc(CN2C(=O)Oc3cc(Oc4cccnn4)ccc3[C@@H]2C)c1F. The maximum Gasteiger partial charge on any atom is 0.416 e. The van der Waals surface area contributed by atoms with Gasteiger partial charge in [-0.15, -0.1) is 5.10 Å². The van der Waals surface area contributed by atoms with Crippen molar-refractivity contribution in [2.24, 2.45) is 0 Å². The van der Waals surface area contributed by atoms with Crippen molar-refractivity contribution in [3.8, 4) is 17.4 Å². The van der Waals surface area contributed by atoms with Gasteiger partial charge in [-0.2, -0.15) is 13.5 Å². The molecule has 33 heavy (non-hydrogen) atoms. The van der Waals surface area contributed by atoms with Crippen LogP contribution in [0.1, 0.15) is 24.1 Å². The van der Waals surface area contributed by atoms with Crippen molar-refractivity contribution in [2.45, 2.75) is 19.5 Å². The third-order valence-electron chi connectivity index (χ3n) is 5.04. The van der Waals surface area contributed by atoms with E-state index in [1.165, 1.54) is 36.3 Å². The predicted octanol–water partition coefficient (Wildman–Crippen LogP) is 3.36. The molecule has 0 radical (unpaired) electrons. The van der Waals surface area contributed by atoms with Gasteiger partial charge in [-0.1, -0.05) is 12.1 Å². The van der Waals surface area contributed by atoms with E-state index in [4.69, 9.17) is 9.47 Å². The zero-order valence-electron chi connectivity index (χ0n) is 17.6. The molecule has 12 heteroatoms. The first-order valence-electron chi connectivity index (χ1n) is 9.84. The number of hydrogen-bond donors (Lipinski definition) is 2. The second-order valence-electron chi connectivity index (χ2n) is 7.12. The van der Waals surface area contributed by atoms with E-state index < -0.39 is 28.2 Å². The summed E-state index contributed by atoms with van der Waals surface area (Å²) in [7, 11) is -2.69. The van der Waals surface area contributed by atoms with E-state index in [0.29, 0.717) is 22.9 Å². The molecule has 1 aliphatic heterocycles. The zero-order chi connectivity index (χ0) is 23.6. The molecule has 2 N–H and O–H groups in total. The van der Waals surface area contributed by atoms with E-state index in [1.807, 2.05) is 0 Å². The second-order valence-corrected chi connectivity index (χ2v) is 8.74. The number of aromatic nitrogens is 2. The molecular weight excluding hydrogens is 453 g/mol. The van der Waals surface area contributed by atoms with Gasteiger partial charge in [0.1, 0.15) is 11.5 Å². The van der Waals surface area contributed by atoms with Crippen molar-refractivity contribution in [1.82, 2.24) is 19.8 Å². The van der Waals surface area contributed by atoms with Gasteiger partial charge in [0.05, 0.1) is 18.3 Å². The number of halogens is 1. The van der Waals surface area contributed by atoms with Crippen molar-refractivity contribution >= 4 is 22.0 Å². The number of rotatable bonds is 7. The maximum absolute atomic E-state index is 14.9. The van der Waals surface area contributed by atoms with Crippen LogP contribution in [-0.4, -0.2) is 36.7 Å². The Morgan fingerprint density at radius 1 is 1.21 bits per heavy atom. The fourth-order valence-corrected chi connectivity index (χ4v) is 3.86. The summed E-state index contributed by atoms with van der Waals surface area (Å²) in [5, 5.41) is 7.59. The van der Waals surface area contributed by atoms with E-state index >= 15 is 0 Å². The molecule has 3 aromatic rings. The highest BCUT2D eigenvalue weighted by atomic mass is 32.2. The largest absolute Gasteiger partial charge is 0.437 e. The molecule has 10 nitrogen and oxygen atoms in total. The minimum atomic E-state index is -3.90. The van der Waals surface area contributed by atoms with E-state index in [9.17, 15) is 17.6 Å². The topological polar surface area (TPSA) is 123 Å². The van der Waals surface area contributed by atoms with Crippen molar-refractivity contribution in [3.05, 3.63) is 71.7 Å². The fraction of sp³-hybridized carbons (Fsp3) is 0.190. The van der Waals surface area contributed by atoms with Crippen LogP contribution in [0.15, 0.2) is 54.7 Å². The Labute approximate surface area is 189 Å². The number of hydrogen-bond acceptors (Lipinski definition) is 7. The first-order chi connectivity index (χ1) is 15.8. The van der Waals surface area contributed by atoms with E-state index in [1.54, 1.807) is 37.3 Å². The van der Waals surface area contributed by atoms with Crippen LogP contribution < -0.4 is 18.9 Å². The number of nitrogens with one attached hydrogen (secondary N) is 2. The van der Waals surface area contributed by atoms with Crippen LogP contribution in [0, 0.1) is 5.82 Å². The molecular formula is C21H20FN5O5S. The summed E-state index contributed by atoms with van der Waals surface area (Å²) < 4.78 is 53.6. The van der Waals surface area contributed by atoms with Gasteiger partial charge >= 0.3 is 6.09 Å². The van der Waals surface area contributed by atoms with Crippen molar-refractivity contribution < 1.29 is 27.1 Å². The molecule has 0 saturated heterocycles. The number of benzene rings is 2. The van der Waals surface area contributed by atoms with Gasteiger partial charge in [-0.05, 0) is 31.2 Å². The van der Waals surface area contributed by atoms with Crippen LogP contribution in [0.4, 0.5) is 14.9 Å². The molecule has 1 amide bonds. The molecule has 0 saturated carbocycles. The Morgan fingerprint density at radius 2 is 2.03 bits per heavy atom. The number of amides is 1. The second kappa shape index (κ2) is 9.00. The third kappa shape index (κ3) is 4.86. The van der Waals surface area contributed by atoms with Crippen molar-refractivity contribution in [1.29, 1.82) is 0 Å². The highest BCUT2D eigenvalue weighted by Crippen LogP contribution is 2.39. The lowest BCUT2D eigenvalue weighted by atomic mass is 10.0. The summed E-state index contributed by atoms with van der Waals surface area (Å²) in [6.45, 7) is 1.66. The number of carbonyl (C=O) groups excluding carboxylic acids is 1. The minimum absolute atomic E-state index is 0.126. The lowest BCUT2D eigenvalue weighted by Gasteiger charge is -2.34. The number of ether oxygens (including phenoxy) is 2. The summed E-state index contributed by atoms with van der Waals surface area (Å²) >= 11 is 0. The van der Waals surface area contributed by atoms with Crippen LogP contribution in [0.3, 0.4) is 0 Å². The van der Waals surface area contributed by atoms with Crippen LogP contribution in [-0.2, 0) is 16.8 Å². The number of anilines is 1. The molecule has 0 bridgehead atoms. The van der Waals surface area contributed by atoms with Crippen molar-refractivity contribution in [3.63, 3.8) is 0 Å². The number of fused-ring (bicyclic) bond motifs is 1. The summed E-state index contributed by atoms with van der Waals surface area (Å²) in [4.78, 5) is 14.1. The molecule has 2 aromatic carbocycles. The molecule has 172 valence electrons. The molecule has 0 aliphatic carbocycles. The molecule has 4 rings (SSSR count). The fourth-order valence-electron chi connectivity index (χ4n) is 3.31.